The van der Waals surface area contributed by atoms with Crippen molar-refractivity contribution in [3.63, 3.8) is 0 Å². The lowest BCUT2D eigenvalue weighted by Crippen LogP contribution is -2.33. The van der Waals surface area contributed by atoms with Crippen LogP contribution in [-0.2, 0) is 11.3 Å². The largest absolute Gasteiger partial charge is 0.357 e. The predicted molar refractivity (Wildman–Crippen MR) is 113 cm³/mol. The van der Waals surface area contributed by atoms with Gasteiger partial charge in [-0.2, -0.15) is 0 Å². The smallest absolute Gasteiger partial charge is 0.220 e. The number of nitrogens with one attached hydrogen (secondary N) is 1. The number of piperidine rings is 1. The number of anilines is 1. The summed E-state index contributed by atoms with van der Waals surface area (Å²) in [7, 11) is 0. The molecule has 1 fully saturated rings. The van der Waals surface area contributed by atoms with E-state index in [9.17, 15) is 4.79 Å². The van der Waals surface area contributed by atoms with Crippen LogP contribution in [-0.4, -0.2) is 30.5 Å². The number of nitrogens with two attached hydrogens (primary N) is 1. The Morgan fingerprint density at radius 1 is 1.19 bits per heavy atom. The highest BCUT2D eigenvalue weighted by molar-refractivity contribution is 5.85. The topological polar surface area (TPSA) is 71.2 Å². The second-order valence-corrected chi connectivity index (χ2v) is 6.92. The van der Waals surface area contributed by atoms with E-state index >= 15 is 0 Å². The average molecular weight is 405 g/mol. The Hall–Kier alpha value is -1.04. The number of rotatable bonds is 9. The van der Waals surface area contributed by atoms with Gasteiger partial charge in [-0.3, -0.25) is 4.79 Å². The quantitative estimate of drug-likeness (QED) is 0.615. The summed E-state index contributed by atoms with van der Waals surface area (Å²) in [6.07, 6.45) is 9.15. The molecule has 0 aromatic carbocycles. The van der Waals surface area contributed by atoms with Gasteiger partial charge in [0.2, 0.25) is 5.91 Å². The Morgan fingerprint density at radius 2 is 1.88 bits per heavy atom. The number of halogens is 2. The van der Waals surface area contributed by atoms with Crippen molar-refractivity contribution in [3.8, 4) is 0 Å². The van der Waals surface area contributed by atoms with E-state index in [0.29, 0.717) is 13.0 Å². The maximum atomic E-state index is 11.8. The fourth-order valence-corrected chi connectivity index (χ4v) is 3.02. The second kappa shape index (κ2) is 14.1. The standard InChI is InChI=1S/C19H32N4O.2ClH/c1-16-9-12-23(13-10-16)18-8-7-17(14-21-18)15-22-19(24)6-4-2-3-5-11-20;;/h7-8,14,16H,2-6,9-13,15,20H2,1H3,(H,22,24);2*1H. The molecule has 0 spiro atoms. The first kappa shape index (κ1) is 25.0. The second-order valence-electron chi connectivity index (χ2n) is 6.92. The van der Waals surface area contributed by atoms with Gasteiger partial charge in [0.05, 0.1) is 0 Å². The fourth-order valence-electron chi connectivity index (χ4n) is 3.02. The molecular formula is C19H34Cl2N4O. The number of carbonyl (C=O) groups is 1. The Balaban J connectivity index is 0.00000312. The van der Waals surface area contributed by atoms with Crippen LogP contribution >= 0.6 is 24.8 Å². The van der Waals surface area contributed by atoms with E-state index in [1.54, 1.807) is 0 Å². The molecule has 2 heterocycles. The molecule has 0 bridgehead atoms. The van der Waals surface area contributed by atoms with Gasteiger partial charge in [0.25, 0.3) is 0 Å². The van der Waals surface area contributed by atoms with Crippen LogP contribution < -0.4 is 16.0 Å². The molecule has 150 valence electrons. The zero-order valence-corrected chi connectivity index (χ0v) is 17.4. The molecule has 2 rings (SSSR count). The first-order chi connectivity index (χ1) is 11.7. The van der Waals surface area contributed by atoms with E-state index < -0.39 is 0 Å². The first-order valence-corrected chi connectivity index (χ1v) is 9.35. The number of pyridine rings is 1. The lowest BCUT2D eigenvalue weighted by Gasteiger charge is -2.31. The number of amides is 1. The first-order valence-electron chi connectivity index (χ1n) is 9.35. The van der Waals surface area contributed by atoms with Crippen molar-refractivity contribution >= 4 is 36.5 Å². The average Bonchev–Trinajstić information content (AvgIpc) is 2.61. The van der Waals surface area contributed by atoms with Gasteiger partial charge >= 0.3 is 0 Å². The maximum Gasteiger partial charge on any atom is 0.220 e. The van der Waals surface area contributed by atoms with Crippen LogP contribution in [0.1, 0.15) is 57.4 Å². The Labute approximate surface area is 170 Å². The summed E-state index contributed by atoms with van der Waals surface area (Å²) < 4.78 is 0. The molecule has 0 unspecified atom stereocenters. The van der Waals surface area contributed by atoms with Crippen LogP contribution in [0.3, 0.4) is 0 Å². The number of nitrogens with zero attached hydrogens (tertiary/aromatic N) is 2. The molecule has 1 saturated heterocycles. The van der Waals surface area contributed by atoms with E-state index in [0.717, 1.165) is 62.6 Å². The van der Waals surface area contributed by atoms with Crippen LogP contribution in [0, 0.1) is 5.92 Å². The van der Waals surface area contributed by atoms with E-state index in [1.165, 1.54) is 12.8 Å². The van der Waals surface area contributed by atoms with Gasteiger partial charge in [0.1, 0.15) is 5.82 Å². The highest BCUT2D eigenvalue weighted by Gasteiger charge is 2.16. The van der Waals surface area contributed by atoms with Gasteiger partial charge < -0.3 is 16.0 Å². The minimum atomic E-state index is 0. The summed E-state index contributed by atoms with van der Waals surface area (Å²) in [6.45, 7) is 5.80. The summed E-state index contributed by atoms with van der Waals surface area (Å²) in [5.74, 6) is 2.00. The van der Waals surface area contributed by atoms with Gasteiger partial charge in [-0.05, 0) is 49.8 Å². The van der Waals surface area contributed by atoms with Crippen LogP contribution in [0.15, 0.2) is 18.3 Å². The Morgan fingerprint density at radius 3 is 2.50 bits per heavy atom. The van der Waals surface area contributed by atoms with E-state index in [1.807, 2.05) is 6.20 Å². The predicted octanol–water partition coefficient (Wildman–Crippen LogP) is 3.69. The normalized spacial score (nSPS) is 14.3. The van der Waals surface area contributed by atoms with Gasteiger partial charge in [-0.1, -0.05) is 25.8 Å². The Bertz CT molecular complexity index is 491. The summed E-state index contributed by atoms with van der Waals surface area (Å²) in [6, 6.07) is 4.15. The molecule has 3 N–H and O–H groups in total. The van der Waals surface area contributed by atoms with Crippen molar-refractivity contribution in [2.75, 3.05) is 24.5 Å². The molecule has 26 heavy (non-hydrogen) atoms. The number of unbranched alkanes of at least 4 members (excludes halogenated alkanes) is 3. The molecule has 0 saturated carbocycles. The zero-order valence-electron chi connectivity index (χ0n) is 15.8. The van der Waals surface area contributed by atoms with Crippen molar-refractivity contribution < 1.29 is 4.79 Å². The van der Waals surface area contributed by atoms with Crippen LogP contribution in [0.25, 0.3) is 0 Å². The molecule has 1 amide bonds. The minimum Gasteiger partial charge on any atom is -0.357 e. The maximum absolute atomic E-state index is 11.8. The fraction of sp³-hybridized carbons (Fsp3) is 0.684. The molecule has 1 aliphatic heterocycles. The zero-order chi connectivity index (χ0) is 17.2. The summed E-state index contributed by atoms with van der Waals surface area (Å²) in [5.41, 5.74) is 6.51. The molecule has 0 aliphatic carbocycles. The highest BCUT2D eigenvalue weighted by Crippen LogP contribution is 2.21. The number of hydrogen-bond acceptors (Lipinski definition) is 4. The molecule has 5 nitrogen and oxygen atoms in total. The van der Waals surface area contributed by atoms with Gasteiger partial charge in [-0.25, -0.2) is 4.98 Å². The van der Waals surface area contributed by atoms with Crippen molar-refractivity contribution in [1.82, 2.24) is 10.3 Å². The van der Waals surface area contributed by atoms with E-state index in [4.69, 9.17) is 5.73 Å². The molecule has 0 radical (unpaired) electrons. The van der Waals surface area contributed by atoms with Crippen molar-refractivity contribution in [1.29, 1.82) is 0 Å². The third kappa shape index (κ3) is 9.06. The molecule has 1 aliphatic rings. The molecule has 1 aromatic heterocycles. The lowest BCUT2D eigenvalue weighted by atomic mass is 9.99. The van der Waals surface area contributed by atoms with Crippen LogP contribution in [0.5, 0.6) is 0 Å². The van der Waals surface area contributed by atoms with Gasteiger partial charge in [0, 0.05) is 32.3 Å². The van der Waals surface area contributed by atoms with E-state index in [2.05, 4.69) is 34.3 Å². The highest BCUT2D eigenvalue weighted by atomic mass is 35.5. The molecule has 7 heteroatoms. The van der Waals surface area contributed by atoms with Crippen molar-refractivity contribution in [2.45, 2.75) is 58.4 Å². The number of aromatic nitrogens is 1. The minimum absolute atomic E-state index is 0. The van der Waals surface area contributed by atoms with Crippen LogP contribution in [0.2, 0.25) is 0 Å². The lowest BCUT2D eigenvalue weighted by molar-refractivity contribution is -0.121. The third-order valence-electron chi connectivity index (χ3n) is 4.76. The summed E-state index contributed by atoms with van der Waals surface area (Å²) >= 11 is 0. The van der Waals surface area contributed by atoms with Crippen LogP contribution in [0.4, 0.5) is 5.82 Å². The monoisotopic (exact) mass is 404 g/mol. The SMILES string of the molecule is CC1CCN(c2ccc(CNC(=O)CCCCCCN)cn2)CC1.Cl.Cl. The Kier molecular flexibility index (Phi) is 13.5. The molecule has 0 atom stereocenters. The third-order valence-corrected chi connectivity index (χ3v) is 4.76. The number of hydrogen-bond donors (Lipinski definition) is 2. The van der Waals surface area contributed by atoms with Gasteiger partial charge in [-0.15, -0.1) is 24.8 Å². The summed E-state index contributed by atoms with van der Waals surface area (Å²) in [5, 5.41) is 2.98. The molecule has 1 aromatic rings. The van der Waals surface area contributed by atoms with Crippen molar-refractivity contribution in [2.24, 2.45) is 11.7 Å². The van der Waals surface area contributed by atoms with Crippen molar-refractivity contribution in [3.05, 3.63) is 23.9 Å². The summed E-state index contributed by atoms with van der Waals surface area (Å²) in [4.78, 5) is 18.7. The number of carbonyl (C=O) groups excluding carboxylic acids is 1. The molecular weight excluding hydrogens is 371 g/mol. The van der Waals surface area contributed by atoms with E-state index in [-0.39, 0.29) is 30.7 Å². The van der Waals surface area contributed by atoms with Gasteiger partial charge in [0.15, 0.2) is 0 Å².